The fourth-order valence-corrected chi connectivity index (χ4v) is 0.298. The minimum Gasteiger partial charge on any atom is -0.295 e. The maximum absolute atomic E-state index is 4.00. The predicted octanol–water partition coefficient (Wildman–Crippen LogP) is 2.51. The summed E-state index contributed by atoms with van der Waals surface area (Å²) in [6.07, 6.45) is 1.82. The lowest BCUT2D eigenvalue weighted by molar-refractivity contribution is 0.840. The number of nitrogens with zero attached hydrogens (tertiary/aromatic N) is 1. The van der Waals surface area contributed by atoms with Gasteiger partial charge >= 0.3 is 0 Å². The average Bonchev–Trinajstić information content (AvgIpc) is 1.72. The van der Waals surface area contributed by atoms with Crippen molar-refractivity contribution in [2.24, 2.45) is 4.99 Å². The van der Waals surface area contributed by atoms with E-state index < -0.39 is 0 Å². The van der Waals surface area contributed by atoms with E-state index in [1.54, 1.807) is 0 Å². The Kier molecular flexibility index (Phi) is 13.0. The van der Waals surface area contributed by atoms with Gasteiger partial charge in [0.2, 0.25) is 0 Å². The minimum absolute atomic E-state index is 0.468. The molecule has 0 rings (SSSR count). The molecular weight excluding hydrogens is 98.1 g/mol. The van der Waals surface area contributed by atoms with E-state index in [0.29, 0.717) is 6.04 Å². The van der Waals surface area contributed by atoms with Gasteiger partial charge in [-0.15, -0.1) is 0 Å². The highest BCUT2D eigenvalue weighted by Crippen LogP contribution is 1.80. The van der Waals surface area contributed by atoms with Gasteiger partial charge in [0.1, 0.15) is 0 Å². The van der Waals surface area contributed by atoms with Crippen molar-refractivity contribution >= 4 is 6.21 Å². The van der Waals surface area contributed by atoms with Crippen LogP contribution in [0, 0.1) is 0 Å². The quantitative estimate of drug-likeness (QED) is 0.466. The van der Waals surface area contributed by atoms with Crippen molar-refractivity contribution < 1.29 is 0 Å². The highest BCUT2D eigenvalue weighted by atomic mass is 14.7. The lowest BCUT2D eigenvalue weighted by Gasteiger charge is -1.88. The number of hydrogen-bond acceptors (Lipinski definition) is 1. The van der Waals surface area contributed by atoms with Crippen LogP contribution in [-0.4, -0.2) is 12.3 Å². The SMILES string of the molecule is CC.CC=NC(C)C. The van der Waals surface area contributed by atoms with Crippen molar-refractivity contribution in [2.45, 2.75) is 40.7 Å². The predicted molar refractivity (Wildman–Crippen MR) is 40.7 cm³/mol. The van der Waals surface area contributed by atoms with Gasteiger partial charge in [-0.3, -0.25) is 4.99 Å². The second kappa shape index (κ2) is 9.83. The van der Waals surface area contributed by atoms with E-state index >= 15 is 0 Å². The number of rotatable bonds is 1. The maximum atomic E-state index is 4.00. The Labute approximate surface area is 52.8 Å². The molecule has 0 saturated carbocycles. The third kappa shape index (κ3) is 17.3. The molecule has 0 amide bonds. The Morgan fingerprint density at radius 1 is 1.25 bits per heavy atom. The van der Waals surface area contributed by atoms with Crippen molar-refractivity contribution in [1.29, 1.82) is 0 Å². The summed E-state index contributed by atoms with van der Waals surface area (Å²) < 4.78 is 0. The molecule has 0 aromatic heterocycles. The van der Waals surface area contributed by atoms with Crippen LogP contribution in [0.15, 0.2) is 4.99 Å². The average molecular weight is 115 g/mol. The van der Waals surface area contributed by atoms with E-state index in [0.717, 1.165) is 0 Å². The van der Waals surface area contributed by atoms with E-state index in [4.69, 9.17) is 0 Å². The van der Waals surface area contributed by atoms with Crippen LogP contribution in [0.4, 0.5) is 0 Å². The Hall–Kier alpha value is -0.330. The van der Waals surface area contributed by atoms with Crippen LogP contribution in [0.1, 0.15) is 34.6 Å². The molecule has 0 aliphatic heterocycles. The van der Waals surface area contributed by atoms with Crippen LogP contribution in [0.5, 0.6) is 0 Å². The second-order valence-corrected chi connectivity index (χ2v) is 1.50. The Bertz CT molecular complexity index is 46.3. The number of aliphatic imine (C=N–C) groups is 1. The third-order valence-corrected chi connectivity index (χ3v) is 0.447. The van der Waals surface area contributed by atoms with E-state index in [9.17, 15) is 0 Å². The number of hydrogen-bond donors (Lipinski definition) is 0. The smallest absolute Gasteiger partial charge is 0.0439 e. The molecular formula is C7H17N. The summed E-state index contributed by atoms with van der Waals surface area (Å²) in [5.74, 6) is 0. The molecule has 0 radical (unpaired) electrons. The Morgan fingerprint density at radius 2 is 1.62 bits per heavy atom. The Balaban J connectivity index is 0. The zero-order chi connectivity index (χ0) is 6.99. The minimum atomic E-state index is 0.468. The van der Waals surface area contributed by atoms with Gasteiger partial charge in [-0.25, -0.2) is 0 Å². The molecule has 0 aromatic carbocycles. The van der Waals surface area contributed by atoms with E-state index in [1.807, 2.05) is 27.0 Å². The van der Waals surface area contributed by atoms with E-state index in [2.05, 4.69) is 18.8 Å². The fraction of sp³-hybridized carbons (Fsp3) is 0.857. The summed E-state index contributed by atoms with van der Waals surface area (Å²) >= 11 is 0. The van der Waals surface area contributed by atoms with Crippen molar-refractivity contribution in [3.63, 3.8) is 0 Å². The summed E-state index contributed by atoms with van der Waals surface area (Å²) in [7, 11) is 0. The van der Waals surface area contributed by atoms with Crippen LogP contribution in [0.2, 0.25) is 0 Å². The first-order chi connectivity index (χ1) is 3.77. The van der Waals surface area contributed by atoms with E-state index in [-0.39, 0.29) is 0 Å². The molecule has 0 saturated heterocycles. The standard InChI is InChI=1S/C5H11N.C2H6/c1-4-6-5(2)3;1-2/h4-5H,1-3H3;1-2H3. The van der Waals surface area contributed by atoms with Crippen molar-refractivity contribution in [2.75, 3.05) is 0 Å². The highest BCUT2D eigenvalue weighted by molar-refractivity contribution is 5.53. The summed E-state index contributed by atoms with van der Waals surface area (Å²) in [5.41, 5.74) is 0. The maximum Gasteiger partial charge on any atom is 0.0439 e. The monoisotopic (exact) mass is 115 g/mol. The largest absolute Gasteiger partial charge is 0.295 e. The molecule has 1 heteroatoms. The fourth-order valence-electron chi connectivity index (χ4n) is 0.298. The molecule has 0 spiro atoms. The van der Waals surface area contributed by atoms with Gasteiger partial charge in [-0.1, -0.05) is 13.8 Å². The van der Waals surface area contributed by atoms with Gasteiger partial charge < -0.3 is 0 Å². The third-order valence-electron chi connectivity index (χ3n) is 0.447. The van der Waals surface area contributed by atoms with Gasteiger partial charge in [0.15, 0.2) is 0 Å². The Morgan fingerprint density at radius 3 is 1.62 bits per heavy atom. The molecule has 1 nitrogen and oxygen atoms in total. The van der Waals surface area contributed by atoms with Crippen LogP contribution in [-0.2, 0) is 0 Å². The molecule has 0 aromatic rings. The van der Waals surface area contributed by atoms with Crippen molar-refractivity contribution in [3.05, 3.63) is 0 Å². The van der Waals surface area contributed by atoms with Gasteiger partial charge in [0, 0.05) is 6.04 Å². The van der Waals surface area contributed by atoms with Crippen LogP contribution < -0.4 is 0 Å². The molecule has 0 fully saturated rings. The molecule has 8 heavy (non-hydrogen) atoms. The van der Waals surface area contributed by atoms with Crippen molar-refractivity contribution in [1.82, 2.24) is 0 Å². The summed E-state index contributed by atoms with van der Waals surface area (Å²) in [4.78, 5) is 4.00. The topological polar surface area (TPSA) is 12.4 Å². The van der Waals surface area contributed by atoms with Gasteiger partial charge in [0.25, 0.3) is 0 Å². The molecule has 0 N–H and O–H groups in total. The summed E-state index contributed by atoms with van der Waals surface area (Å²) in [5, 5.41) is 0. The zero-order valence-electron chi connectivity index (χ0n) is 6.60. The lowest BCUT2D eigenvalue weighted by atomic mass is 10.4. The first kappa shape index (κ1) is 10.6. The highest BCUT2D eigenvalue weighted by Gasteiger charge is 1.76. The van der Waals surface area contributed by atoms with E-state index in [1.165, 1.54) is 0 Å². The molecule has 50 valence electrons. The van der Waals surface area contributed by atoms with Crippen LogP contribution in [0.25, 0.3) is 0 Å². The normalized spacial score (nSPS) is 9.25. The van der Waals surface area contributed by atoms with Crippen molar-refractivity contribution in [3.8, 4) is 0 Å². The molecule has 0 atom stereocenters. The van der Waals surface area contributed by atoms with Crippen LogP contribution in [0.3, 0.4) is 0 Å². The summed E-state index contributed by atoms with van der Waals surface area (Å²) in [6, 6.07) is 0.468. The zero-order valence-corrected chi connectivity index (χ0v) is 6.60. The first-order valence-corrected chi connectivity index (χ1v) is 3.25. The summed E-state index contributed by atoms with van der Waals surface area (Å²) in [6.45, 7) is 10.0. The molecule has 0 unspecified atom stereocenters. The lowest BCUT2D eigenvalue weighted by Crippen LogP contribution is -1.85. The van der Waals surface area contributed by atoms with Gasteiger partial charge in [-0.2, -0.15) is 0 Å². The molecule has 0 aliphatic rings. The van der Waals surface area contributed by atoms with Gasteiger partial charge in [-0.05, 0) is 27.0 Å². The molecule has 0 heterocycles. The first-order valence-electron chi connectivity index (χ1n) is 3.25. The van der Waals surface area contributed by atoms with Crippen LogP contribution >= 0.6 is 0 Å². The second-order valence-electron chi connectivity index (χ2n) is 1.50. The molecule has 0 aliphatic carbocycles. The van der Waals surface area contributed by atoms with Gasteiger partial charge in [0.05, 0.1) is 0 Å². The molecule has 0 bridgehead atoms.